The fourth-order valence-corrected chi connectivity index (χ4v) is 2.68. The highest BCUT2D eigenvalue weighted by atomic mass is 16.3. The number of aliphatic hydroxyl groups excluding tert-OH is 1. The summed E-state index contributed by atoms with van der Waals surface area (Å²) < 4.78 is 0. The quantitative estimate of drug-likeness (QED) is 0.647. The number of aliphatic hydroxyl groups is 1. The number of carbonyl (C=O) groups is 1. The lowest BCUT2D eigenvalue weighted by Crippen LogP contribution is -2.36. The van der Waals surface area contributed by atoms with Gasteiger partial charge in [-0.05, 0) is 31.6 Å². The van der Waals surface area contributed by atoms with Gasteiger partial charge in [-0.15, -0.1) is 0 Å². The van der Waals surface area contributed by atoms with Crippen LogP contribution in [0, 0.1) is 11.8 Å². The molecule has 3 nitrogen and oxygen atoms in total. The molecule has 0 aromatic rings. The Morgan fingerprint density at radius 3 is 2.38 bits per heavy atom. The standard InChI is InChI=1S/C10H17NO2/c1-7(12)10(13)11-5-8-3-2-4-9(8)6-11/h7-9,12H,2-6H2,1H3. The maximum Gasteiger partial charge on any atom is 0.251 e. The Morgan fingerprint density at radius 2 is 1.92 bits per heavy atom. The number of amides is 1. The van der Waals surface area contributed by atoms with Gasteiger partial charge in [0.15, 0.2) is 0 Å². The summed E-state index contributed by atoms with van der Waals surface area (Å²) >= 11 is 0. The Hall–Kier alpha value is -0.570. The van der Waals surface area contributed by atoms with Gasteiger partial charge in [0.05, 0.1) is 0 Å². The van der Waals surface area contributed by atoms with E-state index in [0.29, 0.717) is 0 Å². The Bertz CT molecular complexity index is 203. The van der Waals surface area contributed by atoms with E-state index in [1.54, 1.807) is 6.92 Å². The molecule has 2 aliphatic rings. The van der Waals surface area contributed by atoms with Crippen molar-refractivity contribution in [2.45, 2.75) is 32.3 Å². The second kappa shape index (κ2) is 3.29. The number of hydrogen-bond donors (Lipinski definition) is 1. The highest BCUT2D eigenvalue weighted by molar-refractivity contribution is 5.80. The summed E-state index contributed by atoms with van der Waals surface area (Å²) in [5.41, 5.74) is 0. The minimum atomic E-state index is -0.821. The molecule has 74 valence electrons. The maximum atomic E-state index is 11.5. The zero-order chi connectivity index (χ0) is 9.42. The van der Waals surface area contributed by atoms with Crippen molar-refractivity contribution < 1.29 is 9.90 Å². The summed E-state index contributed by atoms with van der Waals surface area (Å²) in [5, 5.41) is 9.15. The van der Waals surface area contributed by atoms with Crippen LogP contribution in [-0.4, -0.2) is 35.1 Å². The molecule has 3 heteroatoms. The fourth-order valence-electron chi connectivity index (χ4n) is 2.68. The normalized spacial score (nSPS) is 34.8. The number of carbonyl (C=O) groups excluding carboxylic acids is 1. The summed E-state index contributed by atoms with van der Waals surface area (Å²) in [4.78, 5) is 13.3. The van der Waals surface area contributed by atoms with Crippen LogP contribution in [0.3, 0.4) is 0 Å². The van der Waals surface area contributed by atoms with Crippen molar-refractivity contribution in [1.82, 2.24) is 4.90 Å². The lowest BCUT2D eigenvalue weighted by molar-refractivity contribution is -0.138. The van der Waals surface area contributed by atoms with E-state index in [1.165, 1.54) is 19.3 Å². The lowest BCUT2D eigenvalue weighted by Gasteiger charge is -2.18. The zero-order valence-electron chi connectivity index (χ0n) is 8.07. The molecule has 1 N–H and O–H groups in total. The van der Waals surface area contributed by atoms with Crippen LogP contribution in [0.1, 0.15) is 26.2 Å². The molecule has 0 bridgehead atoms. The van der Waals surface area contributed by atoms with E-state index in [0.717, 1.165) is 24.9 Å². The molecule has 3 unspecified atom stereocenters. The third kappa shape index (κ3) is 1.57. The van der Waals surface area contributed by atoms with E-state index in [1.807, 2.05) is 4.90 Å². The second-order valence-corrected chi connectivity index (χ2v) is 4.37. The molecule has 0 spiro atoms. The number of hydrogen-bond acceptors (Lipinski definition) is 2. The first-order chi connectivity index (χ1) is 6.18. The van der Waals surface area contributed by atoms with E-state index in [4.69, 9.17) is 5.11 Å². The van der Waals surface area contributed by atoms with E-state index in [9.17, 15) is 4.79 Å². The molecule has 2 rings (SSSR count). The van der Waals surface area contributed by atoms with Gasteiger partial charge in [-0.25, -0.2) is 0 Å². The zero-order valence-corrected chi connectivity index (χ0v) is 8.07. The van der Waals surface area contributed by atoms with Crippen molar-refractivity contribution in [1.29, 1.82) is 0 Å². The van der Waals surface area contributed by atoms with Gasteiger partial charge in [-0.2, -0.15) is 0 Å². The van der Waals surface area contributed by atoms with Gasteiger partial charge in [0, 0.05) is 13.1 Å². The molecule has 1 aliphatic heterocycles. The van der Waals surface area contributed by atoms with Crippen LogP contribution < -0.4 is 0 Å². The van der Waals surface area contributed by atoms with Crippen molar-refractivity contribution in [3.8, 4) is 0 Å². The van der Waals surface area contributed by atoms with Crippen molar-refractivity contribution in [3.05, 3.63) is 0 Å². The molecule has 2 fully saturated rings. The third-order valence-electron chi connectivity index (χ3n) is 3.40. The largest absolute Gasteiger partial charge is 0.384 e. The first-order valence-corrected chi connectivity index (χ1v) is 5.15. The van der Waals surface area contributed by atoms with Gasteiger partial charge in [0.2, 0.25) is 0 Å². The second-order valence-electron chi connectivity index (χ2n) is 4.37. The van der Waals surface area contributed by atoms with Crippen LogP contribution in [0.15, 0.2) is 0 Å². The maximum absolute atomic E-state index is 11.5. The first kappa shape index (κ1) is 9.00. The molecule has 13 heavy (non-hydrogen) atoms. The SMILES string of the molecule is CC(O)C(=O)N1CC2CCCC2C1. The number of fused-ring (bicyclic) bond motifs is 1. The van der Waals surface area contributed by atoms with Gasteiger partial charge < -0.3 is 10.0 Å². The fraction of sp³-hybridized carbons (Fsp3) is 0.900. The van der Waals surface area contributed by atoms with Crippen molar-refractivity contribution >= 4 is 5.91 Å². The minimum absolute atomic E-state index is 0.0885. The van der Waals surface area contributed by atoms with Gasteiger partial charge in [-0.1, -0.05) is 6.42 Å². The lowest BCUT2D eigenvalue weighted by atomic mass is 10.0. The number of rotatable bonds is 1. The van der Waals surface area contributed by atoms with Gasteiger partial charge in [0.1, 0.15) is 6.10 Å². The minimum Gasteiger partial charge on any atom is -0.384 e. The molecule has 3 atom stereocenters. The van der Waals surface area contributed by atoms with Crippen LogP contribution in [0.5, 0.6) is 0 Å². The molecule has 1 saturated carbocycles. The number of nitrogens with zero attached hydrogens (tertiary/aromatic N) is 1. The summed E-state index contributed by atoms with van der Waals surface area (Å²) in [5.74, 6) is 1.36. The molecule has 1 saturated heterocycles. The average molecular weight is 183 g/mol. The summed E-state index contributed by atoms with van der Waals surface area (Å²) in [7, 11) is 0. The topological polar surface area (TPSA) is 40.5 Å². The first-order valence-electron chi connectivity index (χ1n) is 5.15. The predicted molar refractivity (Wildman–Crippen MR) is 49.1 cm³/mol. The van der Waals surface area contributed by atoms with Gasteiger partial charge in [0.25, 0.3) is 5.91 Å². The summed E-state index contributed by atoms with van der Waals surface area (Å²) in [6.07, 6.45) is 3.05. The van der Waals surface area contributed by atoms with Crippen LogP contribution in [-0.2, 0) is 4.79 Å². The smallest absolute Gasteiger partial charge is 0.251 e. The highest BCUT2D eigenvalue weighted by Gasteiger charge is 2.38. The van der Waals surface area contributed by atoms with Gasteiger partial charge >= 0.3 is 0 Å². The number of likely N-dealkylation sites (tertiary alicyclic amines) is 1. The molecular weight excluding hydrogens is 166 g/mol. The van der Waals surface area contributed by atoms with Gasteiger partial charge in [-0.3, -0.25) is 4.79 Å². The molecular formula is C10H17NO2. The van der Waals surface area contributed by atoms with Crippen LogP contribution >= 0.6 is 0 Å². The van der Waals surface area contributed by atoms with Crippen LogP contribution in [0.25, 0.3) is 0 Å². The van der Waals surface area contributed by atoms with E-state index in [2.05, 4.69) is 0 Å². The van der Waals surface area contributed by atoms with Crippen molar-refractivity contribution in [2.75, 3.05) is 13.1 Å². The molecule has 1 aliphatic carbocycles. The molecule has 0 aromatic carbocycles. The summed E-state index contributed by atoms with van der Waals surface area (Å²) in [6, 6.07) is 0. The average Bonchev–Trinajstić information content (AvgIpc) is 2.59. The Balaban J connectivity index is 1.95. The third-order valence-corrected chi connectivity index (χ3v) is 3.40. The van der Waals surface area contributed by atoms with Crippen molar-refractivity contribution in [3.63, 3.8) is 0 Å². The molecule has 1 heterocycles. The summed E-state index contributed by atoms with van der Waals surface area (Å²) in [6.45, 7) is 3.32. The predicted octanol–water partition coefficient (Wildman–Crippen LogP) is 0.626. The highest BCUT2D eigenvalue weighted by Crippen LogP contribution is 2.37. The Morgan fingerprint density at radius 1 is 1.38 bits per heavy atom. The monoisotopic (exact) mass is 183 g/mol. The molecule has 0 radical (unpaired) electrons. The van der Waals surface area contributed by atoms with E-state index in [-0.39, 0.29) is 5.91 Å². The Kier molecular flexibility index (Phi) is 2.28. The van der Waals surface area contributed by atoms with E-state index >= 15 is 0 Å². The molecule has 1 amide bonds. The van der Waals surface area contributed by atoms with E-state index < -0.39 is 6.10 Å². The van der Waals surface area contributed by atoms with Crippen molar-refractivity contribution in [2.24, 2.45) is 11.8 Å². The van der Waals surface area contributed by atoms with Crippen LogP contribution in [0.4, 0.5) is 0 Å². The Labute approximate surface area is 78.7 Å². The molecule has 0 aromatic heterocycles. The van der Waals surface area contributed by atoms with Crippen LogP contribution in [0.2, 0.25) is 0 Å².